The van der Waals surface area contributed by atoms with Gasteiger partial charge >= 0.3 is 0 Å². The van der Waals surface area contributed by atoms with Crippen molar-refractivity contribution in [3.8, 4) is 0 Å². The SMILES string of the molecule is CSCC(O)c1ccc2nc[nH]c2c1. The lowest BCUT2D eigenvalue weighted by Gasteiger charge is -2.08. The zero-order valence-corrected chi connectivity index (χ0v) is 8.71. The van der Waals surface area contributed by atoms with Crippen LogP contribution >= 0.6 is 11.8 Å². The van der Waals surface area contributed by atoms with Gasteiger partial charge in [-0.15, -0.1) is 0 Å². The maximum absolute atomic E-state index is 9.76. The number of imidazole rings is 1. The summed E-state index contributed by atoms with van der Waals surface area (Å²) in [5, 5.41) is 9.76. The lowest BCUT2D eigenvalue weighted by Crippen LogP contribution is -1.99. The Morgan fingerprint density at radius 1 is 1.57 bits per heavy atom. The molecule has 0 amide bonds. The second kappa shape index (κ2) is 4.02. The van der Waals surface area contributed by atoms with Gasteiger partial charge in [-0.05, 0) is 24.0 Å². The minimum Gasteiger partial charge on any atom is -0.388 e. The van der Waals surface area contributed by atoms with Gasteiger partial charge in [0.15, 0.2) is 0 Å². The summed E-state index contributed by atoms with van der Waals surface area (Å²) in [5.74, 6) is 0.722. The molecule has 0 bridgehead atoms. The highest BCUT2D eigenvalue weighted by molar-refractivity contribution is 7.98. The van der Waals surface area contributed by atoms with Crippen LogP contribution in [0.15, 0.2) is 24.5 Å². The number of benzene rings is 1. The summed E-state index contributed by atoms with van der Waals surface area (Å²) in [6.07, 6.45) is 3.26. The second-order valence-corrected chi connectivity index (χ2v) is 4.06. The third-order valence-corrected chi connectivity index (χ3v) is 2.80. The molecule has 2 aromatic rings. The Morgan fingerprint density at radius 2 is 2.43 bits per heavy atom. The minimum absolute atomic E-state index is 0.391. The van der Waals surface area contributed by atoms with E-state index in [4.69, 9.17) is 0 Å². The van der Waals surface area contributed by atoms with Crippen LogP contribution < -0.4 is 0 Å². The number of aromatic nitrogens is 2. The number of hydrogen-bond acceptors (Lipinski definition) is 3. The number of aromatic amines is 1. The van der Waals surface area contributed by atoms with E-state index in [-0.39, 0.29) is 0 Å². The number of rotatable bonds is 3. The third kappa shape index (κ3) is 1.76. The first-order valence-electron chi connectivity index (χ1n) is 4.41. The number of nitrogens with one attached hydrogen (secondary N) is 1. The van der Waals surface area contributed by atoms with E-state index in [1.165, 1.54) is 0 Å². The number of thioether (sulfide) groups is 1. The summed E-state index contributed by atoms with van der Waals surface area (Å²) in [7, 11) is 0. The van der Waals surface area contributed by atoms with E-state index in [9.17, 15) is 5.11 Å². The number of hydrogen-bond donors (Lipinski definition) is 2. The van der Waals surface area contributed by atoms with Crippen molar-refractivity contribution in [2.24, 2.45) is 0 Å². The predicted octanol–water partition coefficient (Wildman–Crippen LogP) is 1.96. The van der Waals surface area contributed by atoms with Crippen LogP contribution in [0.25, 0.3) is 11.0 Å². The molecule has 0 saturated carbocycles. The highest BCUT2D eigenvalue weighted by Crippen LogP contribution is 2.20. The van der Waals surface area contributed by atoms with Gasteiger partial charge in [-0.1, -0.05) is 6.07 Å². The molecule has 2 rings (SSSR count). The fourth-order valence-electron chi connectivity index (χ4n) is 1.41. The predicted molar refractivity (Wildman–Crippen MR) is 59.4 cm³/mol. The zero-order chi connectivity index (χ0) is 9.97. The van der Waals surface area contributed by atoms with Gasteiger partial charge in [-0.2, -0.15) is 11.8 Å². The molecule has 2 N–H and O–H groups in total. The van der Waals surface area contributed by atoms with Crippen molar-refractivity contribution < 1.29 is 5.11 Å². The fourth-order valence-corrected chi connectivity index (χ4v) is 1.92. The van der Waals surface area contributed by atoms with Crippen LogP contribution in [0.3, 0.4) is 0 Å². The van der Waals surface area contributed by atoms with Crippen molar-refractivity contribution in [1.82, 2.24) is 9.97 Å². The molecule has 1 aromatic carbocycles. The Bertz CT molecular complexity index is 427. The molecule has 4 heteroatoms. The summed E-state index contributed by atoms with van der Waals surface area (Å²) in [5.41, 5.74) is 2.85. The lowest BCUT2D eigenvalue weighted by molar-refractivity contribution is 0.204. The smallest absolute Gasteiger partial charge is 0.0931 e. The molecule has 74 valence electrons. The van der Waals surface area contributed by atoms with E-state index in [0.29, 0.717) is 0 Å². The van der Waals surface area contributed by atoms with Crippen LogP contribution in [0.2, 0.25) is 0 Å². The second-order valence-electron chi connectivity index (χ2n) is 3.15. The van der Waals surface area contributed by atoms with Gasteiger partial charge in [0.1, 0.15) is 0 Å². The Hall–Kier alpha value is -1.00. The summed E-state index contributed by atoms with van der Waals surface area (Å²) >= 11 is 1.64. The molecule has 0 aliphatic carbocycles. The van der Waals surface area contributed by atoms with Gasteiger partial charge in [-0.25, -0.2) is 4.98 Å². The monoisotopic (exact) mass is 208 g/mol. The Kier molecular flexibility index (Phi) is 2.74. The van der Waals surface area contributed by atoms with Gasteiger partial charge in [0.25, 0.3) is 0 Å². The van der Waals surface area contributed by atoms with Gasteiger partial charge < -0.3 is 10.1 Å². The maximum Gasteiger partial charge on any atom is 0.0931 e. The standard InChI is InChI=1S/C10H12N2OS/c1-14-5-10(13)7-2-3-8-9(4-7)12-6-11-8/h2-4,6,10,13H,5H2,1H3,(H,11,12). The quantitative estimate of drug-likeness (QED) is 0.810. The summed E-state index contributed by atoms with van der Waals surface area (Å²) in [6, 6.07) is 5.79. The topological polar surface area (TPSA) is 48.9 Å². The number of nitrogens with zero attached hydrogens (tertiary/aromatic N) is 1. The number of fused-ring (bicyclic) bond motifs is 1. The molecular formula is C10H12N2OS. The lowest BCUT2D eigenvalue weighted by atomic mass is 10.1. The first kappa shape index (κ1) is 9.55. The number of H-pyrrole nitrogens is 1. The first-order valence-corrected chi connectivity index (χ1v) is 5.80. The molecule has 0 saturated heterocycles. The van der Waals surface area contributed by atoms with Gasteiger partial charge in [-0.3, -0.25) is 0 Å². The highest BCUT2D eigenvalue weighted by atomic mass is 32.2. The number of aliphatic hydroxyl groups is 1. The normalized spacial score (nSPS) is 13.3. The van der Waals surface area contributed by atoms with E-state index in [1.807, 2.05) is 24.5 Å². The van der Waals surface area contributed by atoms with Crippen molar-refractivity contribution >= 4 is 22.8 Å². The fraction of sp³-hybridized carbons (Fsp3) is 0.300. The molecule has 1 atom stereocenters. The average Bonchev–Trinajstić information content (AvgIpc) is 2.64. The van der Waals surface area contributed by atoms with Crippen molar-refractivity contribution in [1.29, 1.82) is 0 Å². The van der Waals surface area contributed by atoms with Crippen LogP contribution in [0.4, 0.5) is 0 Å². The minimum atomic E-state index is -0.391. The maximum atomic E-state index is 9.76. The van der Waals surface area contributed by atoms with Crippen LogP contribution in [0.5, 0.6) is 0 Å². The van der Waals surface area contributed by atoms with Crippen LogP contribution in [0, 0.1) is 0 Å². The van der Waals surface area contributed by atoms with Crippen molar-refractivity contribution in [3.05, 3.63) is 30.1 Å². The highest BCUT2D eigenvalue weighted by Gasteiger charge is 2.07. The molecule has 0 aliphatic rings. The average molecular weight is 208 g/mol. The summed E-state index contributed by atoms with van der Waals surface area (Å²) in [6.45, 7) is 0. The molecule has 14 heavy (non-hydrogen) atoms. The van der Waals surface area contributed by atoms with Crippen LogP contribution in [-0.4, -0.2) is 27.1 Å². The van der Waals surface area contributed by atoms with Gasteiger partial charge in [0.2, 0.25) is 0 Å². The molecule has 0 spiro atoms. The molecule has 3 nitrogen and oxygen atoms in total. The summed E-state index contributed by atoms with van der Waals surface area (Å²) in [4.78, 5) is 7.15. The molecule has 0 aliphatic heterocycles. The molecule has 1 heterocycles. The van der Waals surface area contributed by atoms with Crippen molar-refractivity contribution in [3.63, 3.8) is 0 Å². The summed E-state index contributed by atoms with van der Waals surface area (Å²) < 4.78 is 0. The zero-order valence-electron chi connectivity index (χ0n) is 7.90. The van der Waals surface area contributed by atoms with E-state index >= 15 is 0 Å². The van der Waals surface area contributed by atoms with Crippen LogP contribution in [-0.2, 0) is 0 Å². The molecule has 0 radical (unpaired) electrons. The van der Waals surface area contributed by atoms with Crippen LogP contribution in [0.1, 0.15) is 11.7 Å². The van der Waals surface area contributed by atoms with Crippen molar-refractivity contribution in [2.75, 3.05) is 12.0 Å². The first-order chi connectivity index (χ1) is 6.81. The Balaban J connectivity index is 2.33. The van der Waals surface area contributed by atoms with Gasteiger partial charge in [0, 0.05) is 5.75 Å². The molecule has 1 aromatic heterocycles. The largest absolute Gasteiger partial charge is 0.388 e. The third-order valence-electron chi connectivity index (χ3n) is 2.15. The van der Waals surface area contributed by atoms with E-state index in [2.05, 4.69) is 9.97 Å². The van der Waals surface area contributed by atoms with Crippen molar-refractivity contribution in [2.45, 2.75) is 6.10 Å². The van der Waals surface area contributed by atoms with E-state index < -0.39 is 6.10 Å². The van der Waals surface area contributed by atoms with Gasteiger partial charge in [0.05, 0.1) is 23.5 Å². The molecule has 1 unspecified atom stereocenters. The number of aliphatic hydroxyl groups excluding tert-OH is 1. The van der Waals surface area contributed by atoms with E-state index in [0.717, 1.165) is 22.3 Å². The van der Waals surface area contributed by atoms with E-state index in [1.54, 1.807) is 18.1 Å². The Labute approximate surface area is 86.6 Å². The Morgan fingerprint density at radius 3 is 3.21 bits per heavy atom. The molecule has 0 fully saturated rings. The molecular weight excluding hydrogens is 196 g/mol.